The van der Waals surface area contributed by atoms with E-state index in [-0.39, 0.29) is 6.73 Å². The minimum absolute atomic E-state index is 0.251. The Morgan fingerprint density at radius 2 is 2.06 bits per heavy atom. The number of nitrogens with two attached hydrogens (primary N) is 1. The molecule has 3 aromatic rings. The molecule has 0 aliphatic carbocycles. The number of anilines is 1. The van der Waals surface area contributed by atoms with E-state index in [0.717, 1.165) is 11.3 Å². The predicted molar refractivity (Wildman–Crippen MR) is 119 cm³/mol. The summed E-state index contributed by atoms with van der Waals surface area (Å²) in [4.78, 5) is 17.1. The van der Waals surface area contributed by atoms with Crippen LogP contribution in [0.1, 0.15) is 35.1 Å². The van der Waals surface area contributed by atoms with Crippen molar-refractivity contribution in [1.29, 1.82) is 5.26 Å². The molecule has 0 bridgehead atoms. The number of aryl methyl sites for hydroxylation is 1. The van der Waals surface area contributed by atoms with Crippen LogP contribution < -0.4 is 20.5 Å². The maximum Gasteiger partial charge on any atom is 0.247 e. The molecule has 0 radical (unpaired) electrons. The summed E-state index contributed by atoms with van der Waals surface area (Å²) in [6, 6.07) is 11.1. The monoisotopic (exact) mass is 429 g/mol. The lowest BCUT2D eigenvalue weighted by molar-refractivity contribution is -0.114. The lowest BCUT2D eigenvalue weighted by Crippen LogP contribution is -2.28. The normalized spacial score (nSPS) is 14.9. The standard InChI is InChI=1S/C24H23N5O3/c1-14-12-27-24(32-13-29-8-4-5-9-29)21-20(19(23(26)30)15(2)28-22(14)21)17-7-6-16(11-25)10-18(17)31-3/h4-10,12,20,28H,13H2,1-3H3,(H2,26,30)/t20-/m0/s1. The first-order valence-corrected chi connectivity index (χ1v) is 10.0. The number of rotatable bonds is 6. The molecule has 0 saturated carbocycles. The number of ether oxygens (including phenoxy) is 2. The minimum atomic E-state index is -0.585. The van der Waals surface area contributed by atoms with Crippen LogP contribution in [0.5, 0.6) is 11.6 Å². The van der Waals surface area contributed by atoms with Gasteiger partial charge in [0.05, 0.1) is 35.9 Å². The van der Waals surface area contributed by atoms with Gasteiger partial charge in [-0.3, -0.25) is 4.79 Å². The van der Waals surface area contributed by atoms with Gasteiger partial charge in [0.1, 0.15) is 5.75 Å². The van der Waals surface area contributed by atoms with Crippen molar-refractivity contribution in [3.8, 4) is 17.7 Å². The molecule has 0 fully saturated rings. The molecule has 0 saturated heterocycles. The highest BCUT2D eigenvalue weighted by molar-refractivity contribution is 5.98. The Balaban J connectivity index is 1.93. The molecule has 1 aliphatic rings. The molecule has 1 amide bonds. The van der Waals surface area contributed by atoms with Crippen LogP contribution in [0.2, 0.25) is 0 Å². The summed E-state index contributed by atoms with van der Waals surface area (Å²) in [5, 5.41) is 12.6. The first kappa shape index (κ1) is 21.0. The third kappa shape index (κ3) is 3.65. The van der Waals surface area contributed by atoms with Crippen molar-refractivity contribution < 1.29 is 14.3 Å². The molecular formula is C24H23N5O3. The topological polar surface area (TPSA) is 115 Å². The largest absolute Gasteiger partial charge is 0.496 e. The number of nitrogens with one attached hydrogen (secondary N) is 1. The van der Waals surface area contributed by atoms with Crippen LogP contribution in [0.15, 0.2) is 60.2 Å². The lowest BCUT2D eigenvalue weighted by atomic mass is 9.79. The number of primary amides is 1. The van der Waals surface area contributed by atoms with E-state index in [1.165, 1.54) is 7.11 Å². The molecule has 4 rings (SSSR count). The van der Waals surface area contributed by atoms with Gasteiger partial charge in [0.2, 0.25) is 11.8 Å². The number of hydrogen-bond acceptors (Lipinski definition) is 6. The van der Waals surface area contributed by atoms with Gasteiger partial charge in [0.25, 0.3) is 0 Å². The Labute approximate surface area is 185 Å². The number of carbonyl (C=O) groups is 1. The van der Waals surface area contributed by atoms with Crippen molar-refractivity contribution in [2.45, 2.75) is 26.5 Å². The summed E-state index contributed by atoms with van der Waals surface area (Å²) in [6.45, 7) is 4.00. The van der Waals surface area contributed by atoms with Crippen molar-refractivity contribution in [1.82, 2.24) is 9.55 Å². The van der Waals surface area contributed by atoms with Crippen LogP contribution >= 0.6 is 0 Å². The Hall–Kier alpha value is -4.25. The molecule has 0 spiro atoms. The van der Waals surface area contributed by atoms with Gasteiger partial charge in [-0.25, -0.2) is 4.98 Å². The van der Waals surface area contributed by atoms with Crippen LogP contribution in [-0.2, 0) is 11.5 Å². The molecular weight excluding hydrogens is 406 g/mol. The highest BCUT2D eigenvalue weighted by atomic mass is 16.5. The van der Waals surface area contributed by atoms with Crippen LogP contribution in [0.3, 0.4) is 0 Å². The average Bonchev–Trinajstić information content (AvgIpc) is 3.31. The number of hydrogen-bond donors (Lipinski definition) is 2. The number of allylic oxidation sites excluding steroid dienone is 1. The van der Waals surface area contributed by atoms with Gasteiger partial charge >= 0.3 is 0 Å². The smallest absolute Gasteiger partial charge is 0.247 e. The molecule has 162 valence electrons. The fraction of sp³-hybridized carbons (Fsp3) is 0.208. The molecule has 1 atom stereocenters. The predicted octanol–water partition coefficient (Wildman–Crippen LogP) is 3.43. The van der Waals surface area contributed by atoms with Crippen molar-refractivity contribution in [2.24, 2.45) is 5.73 Å². The van der Waals surface area contributed by atoms with Crippen LogP contribution in [0, 0.1) is 18.3 Å². The molecule has 8 nitrogen and oxygen atoms in total. The second-order valence-corrected chi connectivity index (χ2v) is 7.54. The third-order valence-corrected chi connectivity index (χ3v) is 5.52. The number of aromatic nitrogens is 2. The van der Waals surface area contributed by atoms with E-state index in [2.05, 4.69) is 16.4 Å². The zero-order chi connectivity index (χ0) is 22.8. The Morgan fingerprint density at radius 1 is 1.31 bits per heavy atom. The number of fused-ring (bicyclic) bond motifs is 1. The summed E-state index contributed by atoms with van der Waals surface area (Å²) in [6.07, 6.45) is 5.50. The molecule has 2 aromatic heterocycles. The summed E-state index contributed by atoms with van der Waals surface area (Å²) in [5.74, 6) is -0.283. The number of nitriles is 1. The third-order valence-electron chi connectivity index (χ3n) is 5.52. The molecule has 1 aliphatic heterocycles. The molecule has 0 unspecified atom stereocenters. The zero-order valence-corrected chi connectivity index (χ0v) is 18.0. The van der Waals surface area contributed by atoms with E-state index < -0.39 is 11.8 Å². The fourth-order valence-corrected chi connectivity index (χ4v) is 4.02. The molecule has 3 heterocycles. The van der Waals surface area contributed by atoms with E-state index in [1.807, 2.05) is 42.9 Å². The molecule has 1 aromatic carbocycles. The van der Waals surface area contributed by atoms with Gasteiger partial charge in [-0.05, 0) is 43.7 Å². The first-order valence-electron chi connectivity index (χ1n) is 10.0. The minimum Gasteiger partial charge on any atom is -0.496 e. The van der Waals surface area contributed by atoms with Crippen LogP contribution in [-0.4, -0.2) is 22.6 Å². The van der Waals surface area contributed by atoms with Gasteiger partial charge in [0.15, 0.2) is 6.73 Å². The summed E-state index contributed by atoms with van der Waals surface area (Å²) >= 11 is 0. The van der Waals surface area contributed by atoms with E-state index >= 15 is 0 Å². The Morgan fingerprint density at radius 3 is 2.72 bits per heavy atom. The van der Waals surface area contributed by atoms with Gasteiger partial charge in [0, 0.05) is 35.4 Å². The summed E-state index contributed by atoms with van der Waals surface area (Å²) in [5.41, 5.74) is 10.4. The van der Waals surface area contributed by atoms with Gasteiger partial charge in [-0.1, -0.05) is 6.07 Å². The van der Waals surface area contributed by atoms with Crippen molar-refractivity contribution >= 4 is 11.6 Å². The Bertz CT molecular complexity index is 1260. The highest BCUT2D eigenvalue weighted by Gasteiger charge is 2.37. The maximum absolute atomic E-state index is 12.6. The number of nitrogens with zero attached hydrogens (tertiary/aromatic N) is 3. The first-order chi connectivity index (χ1) is 15.4. The molecule has 8 heteroatoms. The Kier molecular flexibility index (Phi) is 5.56. The lowest BCUT2D eigenvalue weighted by Gasteiger charge is -2.32. The fourth-order valence-electron chi connectivity index (χ4n) is 4.02. The van der Waals surface area contributed by atoms with Crippen LogP contribution in [0.4, 0.5) is 5.69 Å². The summed E-state index contributed by atoms with van der Waals surface area (Å²) < 4.78 is 13.6. The molecule has 32 heavy (non-hydrogen) atoms. The highest BCUT2D eigenvalue weighted by Crippen LogP contribution is 2.48. The van der Waals surface area contributed by atoms with Gasteiger partial charge < -0.3 is 25.1 Å². The SMILES string of the molecule is COc1cc(C#N)ccc1[C@H]1C(C(N)=O)=C(C)Nc2c(C)cnc(OCn3cccc3)c21. The van der Waals surface area contributed by atoms with E-state index in [1.54, 1.807) is 24.4 Å². The zero-order valence-electron chi connectivity index (χ0n) is 18.0. The number of pyridine rings is 1. The van der Waals surface area contributed by atoms with Crippen molar-refractivity contribution in [3.63, 3.8) is 0 Å². The van der Waals surface area contributed by atoms with Gasteiger partial charge in [-0.15, -0.1) is 0 Å². The number of amides is 1. The van der Waals surface area contributed by atoms with Crippen molar-refractivity contribution in [2.75, 3.05) is 12.4 Å². The number of benzene rings is 1. The second kappa shape index (κ2) is 8.47. The van der Waals surface area contributed by atoms with E-state index in [4.69, 9.17) is 15.2 Å². The van der Waals surface area contributed by atoms with Crippen LogP contribution in [0.25, 0.3) is 0 Å². The second-order valence-electron chi connectivity index (χ2n) is 7.54. The average molecular weight is 429 g/mol. The molecule has 3 N–H and O–H groups in total. The van der Waals surface area contributed by atoms with Crippen molar-refractivity contribution in [3.05, 3.63) is 82.4 Å². The van der Waals surface area contributed by atoms with E-state index in [9.17, 15) is 10.1 Å². The van der Waals surface area contributed by atoms with Gasteiger partial charge in [-0.2, -0.15) is 5.26 Å². The summed E-state index contributed by atoms with van der Waals surface area (Å²) in [7, 11) is 1.53. The maximum atomic E-state index is 12.6. The number of carbonyl (C=O) groups excluding carboxylic acids is 1. The van der Waals surface area contributed by atoms with E-state index in [0.29, 0.717) is 39.6 Å². The quantitative estimate of drug-likeness (QED) is 0.620. The number of methoxy groups -OCH3 is 1.